The summed E-state index contributed by atoms with van der Waals surface area (Å²) in [5.74, 6) is 0.600. The van der Waals surface area contributed by atoms with Crippen molar-refractivity contribution < 1.29 is 31.1 Å². The average molecular weight is 540 g/mol. The number of nitrogens with zero attached hydrogens (tertiary/aromatic N) is 2. The number of ether oxygens (including phenoxy) is 2. The van der Waals surface area contributed by atoms with Crippen molar-refractivity contribution in [2.45, 2.75) is 37.2 Å². The Bertz CT molecular complexity index is 1230. The number of carbonyl (C=O) groups excluding carboxylic acids is 1. The first-order valence-electron chi connectivity index (χ1n) is 11.7. The lowest BCUT2D eigenvalue weighted by Crippen LogP contribution is -2.38. The van der Waals surface area contributed by atoms with Crippen LogP contribution in [-0.2, 0) is 24.8 Å². The van der Waals surface area contributed by atoms with Crippen LogP contribution >= 0.6 is 0 Å². The Morgan fingerprint density at radius 1 is 0.972 bits per heavy atom. The summed E-state index contributed by atoms with van der Waals surface area (Å²) in [4.78, 5) is 12.6. The standard InChI is InChI=1S/C24H33N3O7S2/c1-19(34-22-9-7-20(8-10-22)26(2)35(3,29)30)24(28)25-15-18-33-21-11-13-23(14-12-21)36(31,32)27-16-5-4-6-17-27/h7-14,19H,4-6,15-18H2,1-3H3,(H,25,28). The molecule has 0 aromatic heterocycles. The second kappa shape index (κ2) is 11.9. The summed E-state index contributed by atoms with van der Waals surface area (Å²) in [6.07, 6.45) is 3.15. The predicted molar refractivity (Wildman–Crippen MR) is 137 cm³/mol. The first-order valence-corrected chi connectivity index (χ1v) is 15.0. The summed E-state index contributed by atoms with van der Waals surface area (Å²) in [7, 11) is -5.40. The van der Waals surface area contributed by atoms with Crippen LogP contribution in [0.1, 0.15) is 26.2 Å². The SMILES string of the molecule is CC(Oc1ccc(N(C)S(C)(=O)=O)cc1)C(=O)NCCOc1ccc(S(=O)(=O)N2CCCCC2)cc1. The van der Waals surface area contributed by atoms with E-state index in [9.17, 15) is 21.6 Å². The van der Waals surface area contributed by atoms with Crippen LogP contribution in [0.5, 0.6) is 11.5 Å². The van der Waals surface area contributed by atoms with Crippen molar-refractivity contribution in [1.29, 1.82) is 0 Å². The van der Waals surface area contributed by atoms with E-state index in [2.05, 4.69) is 5.32 Å². The quantitative estimate of drug-likeness (QED) is 0.435. The van der Waals surface area contributed by atoms with Crippen LogP contribution in [0.3, 0.4) is 0 Å². The van der Waals surface area contributed by atoms with Gasteiger partial charge in [-0.2, -0.15) is 4.31 Å². The molecule has 12 heteroatoms. The van der Waals surface area contributed by atoms with Gasteiger partial charge in [0, 0.05) is 20.1 Å². The molecule has 198 valence electrons. The van der Waals surface area contributed by atoms with Crippen molar-refractivity contribution >= 4 is 31.6 Å². The molecule has 1 atom stereocenters. The first-order chi connectivity index (χ1) is 17.0. The molecule has 3 rings (SSSR count). The topological polar surface area (TPSA) is 122 Å². The number of sulfonamides is 2. The normalized spacial score (nSPS) is 15.6. The molecule has 1 amide bonds. The highest BCUT2D eigenvalue weighted by atomic mass is 32.2. The van der Waals surface area contributed by atoms with Crippen molar-refractivity contribution in [2.24, 2.45) is 0 Å². The average Bonchev–Trinajstić information content (AvgIpc) is 2.86. The van der Waals surface area contributed by atoms with E-state index in [4.69, 9.17) is 9.47 Å². The molecule has 1 N–H and O–H groups in total. The van der Waals surface area contributed by atoms with Crippen molar-refractivity contribution in [3.63, 3.8) is 0 Å². The number of hydrogen-bond donors (Lipinski definition) is 1. The molecular weight excluding hydrogens is 506 g/mol. The predicted octanol–water partition coefficient (Wildman–Crippen LogP) is 2.22. The molecule has 1 fully saturated rings. The second-order valence-corrected chi connectivity index (χ2v) is 12.5. The van der Waals surface area contributed by atoms with Crippen LogP contribution < -0.4 is 19.1 Å². The number of piperidine rings is 1. The maximum absolute atomic E-state index is 12.7. The van der Waals surface area contributed by atoms with Gasteiger partial charge in [0.2, 0.25) is 20.0 Å². The Kier molecular flexibility index (Phi) is 9.20. The van der Waals surface area contributed by atoms with Crippen LogP contribution in [-0.4, -0.2) is 72.7 Å². The number of hydrogen-bond acceptors (Lipinski definition) is 7. The third-order valence-corrected chi connectivity index (χ3v) is 8.95. The van der Waals surface area contributed by atoms with E-state index < -0.39 is 26.2 Å². The number of rotatable bonds is 11. The molecule has 0 aliphatic carbocycles. The molecule has 1 aliphatic heterocycles. The molecule has 0 spiro atoms. The van der Waals surface area contributed by atoms with Gasteiger partial charge in [-0.3, -0.25) is 9.10 Å². The lowest BCUT2D eigenvalue weighted by atomic mass is 10.2. The zero-order chi connectivity index (χ0) is 26.3. The van der Waals surface area contributed by atoms with Gasteiger partial charge in [0.25, 0.3) is 5.91 Å². The van der Waals surface area contributed by atoms with Gasteiger partial charge in [0.05, 0.1) is 23.4 Å². The summed E-state index contributed by atoms with van der Waals surface area (Å²) in [6.45, 7) is 3.14. The fourth-order valence-corrected chi connectivity index (χ4v) is 5.65. The largest absolute Gasteiger partial charge is 0.492 e. The second-order valence-electron chi connectivity index (χ2n) is 8.56. The highest BCUT2D eigenvalue weighted by molar-refractivity contribution is 7.92. The molecule has 2 aromatic carbocycles. The Hall–Kier alpha value is -2.83. The van der Waals surface area contributed by atoms with E-state index in [-0.39, 0.29) is 24.0 Å². The fraction of sp³-hybridized carbons (Fsp3) is 0.458. The van der Waals surface area contributed by atoms with Crippen LogP contribution in [0.2, 0.25) is 0 Å². The van der Waals surface area contributed by atoms with E-state index in [0.717, 1.165) is 29.8 Å². The smallest absolute Gasteiger partial charge is 0.260 e. The summed E-state index contributed by atoms with van der Waals surface area (Å²) >= 11 is 0. The minimum Gasteiger partial charge on any atom is -0.492 e. The highest BCUT2D eigenvalue weighted by Gasteiger charge is 2.25. The number of anilines is 1. The van der Waals surface area contributed by atoms with Crippen molar-refractivity contribution in [3.05, 3.63) is 48.5 Å². The Labute approximate surface area is 213 Å². The van der Waals surface area contributed by atoms with Crippen LogP contribution in [0.4, 0.5) is 5.69 Å². The molecule has 10 nitrogen and oxygen atoms in total. The third-order valence-electron chi connectivity index (χ3n) is 5.83. The minimum atomic E-state index is -3.49. The number of nitrogens with one attached hydrogen (secondary N) is 1. The first kappa shape index (κ1) is 27.8. The van der Waals surface area contributed by atoms with Gasteiger partial charge in [0.15, 0.2) is 6.10 Å². The molecule has 0 radical (unpaired) electrons. The van der Waals surface area contributed by atoms with Gasteiger partial charge >= 0.3 is 0 Å². The third kappa shape index (κ3) is 7.34. The summed E-state index contributed by atoms with van der Waals surface area (Å²) in [5, 5.41) is 2.72. The van der Waals surface area contributed by atoms with E-state index in [1.54, 1.807) is 43.3 Å². The Balaban J connectivity index is 1.42. The molecule has 1 unspecified atom stereocenters. The van der Waals surface area contributed by atoms with Gasteiger partial charge < -0.3 is 14.8 Å². The Morgan fingerprint density at radius 3 is 2.14 bits per heavy atom. The zero-order valence-electron chi connectivity index (χ0n) is 20.7. The van der Waals surface area contributed by atoms with Gasteiger partial charge in [-0.15, -0.1) is 0 Å². The molecule has 1 heterocycles. The summed E-state index contributed by atoms with van der Waals surface area (Å²) in [6, 6.07) is 12.7. The van der Waals surface area contributed by atoms with E-state index in [1.165, 1.54) is 23.5 Å². The molecule has 0 saturated carbocycles. The maximum Gasteiger partial charge on any atom is 0.260 e. The van der Waals surface area contributed by atoms with E-state index in [0.29, 0.717) is 30.3 Å². The van der Waals surface area contributed by atoms with Crippen LogP contribution in [0.15, 0.2) is 53.4 Å². The molecular formula is C24H33N3O7S2. The number of benzene rings is 2. The van der Waals surface area contributed by atoms with E-state index >= 15 is 0 Å². The molecule has 0 bridgehead atoms. The monoisotopic (exact) mass is 539 g/mol. The fourth-order valence-electron chi connectivity index (χ4n) is 3.63. The van der Waals surface area contributed by atoms with Gasteiger partial charge in [-0.25, -0.2) is 16.8 Å². The maximum atomic E-state index is 12.7. The molecule has 36 heavy (non-hydrogen) atoms. The van der Waals surface area contributed by atoms with Crippen molar-refractivity contribution in [2.75, 3.05) is 43.8 Å². The number of amides is 1. The van der Waals surface area contributed by atoms with Crippen molar-refractivity contribution in [1.82, 2.24) is 9.62 Å². The summed E-state index contributed by atoms with van der Waals surface area (Å²) < 4.78 is 62.6. The van der Waals surface area contributed by atoms with E-state index in [1.807, 2.05) is 0 Å². The molecule has 2 aromatic rings. The summed E-state index contributed by atoms with van der Waals surface area (Å²) in [5.41, 5.74) is 0.483. The lowest BCUT2D eigenvalue weighted by molar-refractivity contribution is -0.127. The van der Waals surface area contributed by atoms with Gasteiger partial charge in [0.1, 0.15) is 18.1 Å². The van der Waals surface area contributed by atoms with Gasteiger partial charge in [-0.1, -0.05) is 6.42 Å². The highest BCUT2D eigenvalue weighted by Crippen LogP contribution is 2.23. The number of carbonyl (C=O) groups is 1. The minimum absolute atomic E-state index is 0.198. The van der Waals surface area contributed by atoms with Crippen molar-refractivity contribution in [3.8, 4) is 11.5 Å². The molecule has 1 aliphatic rings. The van der Waals surface area contributed by atoms with Crippen LogP contribution in [0.25, 0.3) is 0 Å². The van der Waals surface area contributed by atoms with Gasteiger partial charge in [-0.05, 0) is 68.3 Å². The Morgan fingerprint density at radius 2 is 1.56 bits per heavy atom. The lowest BCUT2D eigenvalue weighted by Gasteiger charge is -2.25. The zero-order valence-corrected chi connectivity index (χ0v) is 22.3. The van der Waals surface area contributed by atoms with Crippen LogP contribution in [0, 0.1) is 0 Å². The molecule has 1 saturated heterocycles.